The summed E-state index contributed by atoms with van der Waals surface area (Å²) in [6.07, 6.45) is 0. The van der Waals surface area contributed by atoms with Gasteiger partial charge in [0.05, 0.1) is 0 Å². The van der Waals surface area contributed by atoms with Crippen molar-refractivity contribution >= 4 is 53.1 Å². The van der Waals surface area contributed by atoms with Gasteiger partial charge in [-0.15, -0.1) is 11.3 Å². The summed E-state index contributed by atoms with van der Waals surface area (Å²) in [7, 11) is 0. The fraction of sp³-hybridized carbons (Fsp3) is 0. The maximum atomic E-state index is 2.39. The molecule has 0 aliphatic carbocycles. The minimum Gasteiger partial charge on any atom is -0.135 e. The molecule has 182 valence electrons. The number of hydrogen-bond acceptors (Lipinski definition) is 1. The van der Waals surface area contributed by atoms with Gasteiger partial charge in [0, 0.05) is 20.2 Å². The zero-order chi connectivity index (χ0) is 25.8. The normalized spacial score (nSPS) is 11.6. The molecular formula is C38H24S. The Hall–Kier alpha value is -4.72. The summed E-state index contributed by atoms with van der Waals surface area (Å²) in [5.41, 5.74) is 7.52. The molecule has 0 aliphatic rings. The molecular weight excluding hydrogens is 488 g/mol. The van der Waals surface area contributed by atoms with Gasteiger partial charge in [-0.25, -0.2) is 0 Å². The van der Waals surface area contributed by atoms with E-state index in [2.05, 4.69) is 146 Å². The summed E-state index contributed by atoms with van der Waals surface area (Å²) in [6, 6.07) is 53.3. The second-order valence-electron chi connectivity index (χ2n) is 10.1. The molecule has 8 rings (SSSR count). The Morgan fingerprint density at radius 1 is 0.333 bits per heavy atom. The molecule has 0 saturated carbocycles. The molecule has 0 nitrogen and oxygen atoms in total. The van der Waals surface area contributed by atoms with Gasteiger partial charge in [-0.2, -0.15) is 0 Å². The standard InChI is InChI=1S/C38H24S/c1-2-11-25(12-3-1)27-21-28(31-18-10-19-35-34-17-8-9-20-37(34)39-38(31)35)23-29(22-27)36-24-26-13-4-5-14-30(26)32-15-6-7-16-33(32)36/h1-24H. The molecule has 39 heavy (non-hydrogen) atoms. The van der Waals surface area contributed by atoms with Crippen molar-refractivity contribution in [2.45, 2.75) is 0 Å². The Morgan fingerprint density at radius 2 is 0.949 bits per heavy atom. The first kappa shape index (κ1) is 22.3. The lowest BCUT2D eigenvalue weighted by Gasteiger charge is -2.15. The van der Waals surface area contributed by atoms with Crippen molar-refractivity contribution < 1.29 is 0 Å². The summed E-state index contributed by atoms with van der Waals surface area (Å²) < 4.78 is 2.68. The topological polar surface area (TPSA) is 0 Å². The highest BCUT2D eigenvalue weighted by molar-refractivity contribution is 7.26. The molecule has 0 aliphatic heterocycles. The molecule has 7 aromatic carbocycles. The summed E-state index contributed by atoms with van der Waals surface area (Å²) in [5.74, 6) is 0. The van der Waals surface area contributed by atoms with Crippen LogP contribution in [-0.4, -0.2) is 0 Å². The molecule has 0 saturated heterocycles. The van der Waals surface area contributed by atoms with E-state index in [4.69, 9.17) is 0 Å². The molecule has 0 fully saturated rings. The summed E-state index contributed by atoms with van der Waals surface area (Å²) in [4.78, 5) is 0. The van der Waals surface area contributed by atoms with E-state index < -0.39 is 0 Å². The van der Waals surface area contributed by atoms with Crippen molar-refractivity contribution in [3.05, 3.63) is 146 Å². The summed E-state index contributed by atoms with van der Waals surface area (Å²) in [5, 5.41) is 7.81. The fourth-order valence-corrected chi connectivity index (χ4v) is 7.24. The lowest BCUT2D eigenvalue weighted by atomic mass is 9.89. The molecule has 1 heterocycles. The van der Waals surface area contributed by atoms with E-state index >= 15 is 0 Å². The first-order valence-electron chi connectivity index (χ1n) is 13.4. The predicted octanol–water partition coefficient (Wildman–Crippen LogP) is 11.4. The van der Waals surface area contributed by atoms with Gasteiger partial charge in [-0.3, -0.25) is 0 Å². The maximum Gasteiger partial charge on any atom is 0.0433 e. The summed E-state index contributed by atoms with van der Waals surface area (Å²) >= 11 is 1.89. The zero-order valence-corrected chi connectivity index (χ0v) is 22.1. The largest absolute Gasteiger partial charge is 0.135 e. The maximum absolute atomic E-state index is 2.39. The van der Waals surface area contributed by atoms with Crippen LogP contribution in [-0.2, 0) is 0 Å². The van der Waals surface area contributed by atoms with Crippen molar-refractivity contribution in [3.8, 4) is 33.4 Å². The van der Waals surface area contributed by atoms with Gasteiger partial charge < -0.3 is 0 Å². The third kappa shape index (κ3) is 3.66. The Balaban J connectivity index is 1.45. The number of hydrogen-bond donors (Lipinski definition) is 0. The van der Waals surface area contributed by atoms with Gasteiger partial charge in [0.25, 0.3) is 0 Å². The Labute approximate surface area is 231 Å². The van der Waals surface area contributed by atoms with Crippen LogP contribution >= 0.6 is 11.3 Å². The lowest BCUT2D eigenvalue weighted by Crippen LogP contribution is -1.89. The molecule has 1 aromatic heterocycles. The van der Waals surface area contributed by atoms with Crippen molar-refractivity contribution in [2.24, 2.45) is 0 Å². The third-order valence-corrected chi connectivity index (χ3v) is 9.05. The molecule has 8 aromatic rings. The van der Waals surface area contributed by atoms with Gasteiger partial charge in [-0.05, 0) is 85.3 Å². The van der Waals surface area contributed by atoms with Crippen molar-refractivity contribution in [1.82, 2.24) is 0 Å². The van der Waals surface area contributed by atoms with Crippen LogP contribution in [0.25, 0.3) is 75.1 Å². The summed E-state index contributed by atoms with van der Waals surface area (Å²) in [6.45, 7) is 0. The first-order chi connectivity index (χ1) is 19.3. The van der Waals surface area contributed by atoms with Crippen LogP contribution in [0, 0.1) is 0 Å². The highest BCUT2D eigenvalue weighted by Gasteiger charge is 2.15. The van der Waals surface area contributed by atoms with E-state index in [1.165, 1.54) is 75.1 Å². The Bertz CT molecular complexity index is 2170. The molecule has 0 atom stereocenters. The molecule has 0 unspecified atom stereocenters. The number of benzene rings is 7. The number of thiophene rings is 1. The predicted molar refractivity (Wildman–Crippen MR) is 171 cm³/mol. The van der Waals surface area contributed by atoms with E-state index in [0.717, 1.165) is 0 Å². The molecule has 0 radical (unpaired) electrons. The van der Waals surface area contributed by atoms with Crippen molar-refractivity contribution in [3.63, 3.8) is 0 Å². The van der Waals surface area contributed by atoms with E-state index in [0.29, 0.717) is 0 Å². The lowest BCUT2D eigenvalue weighted by molar-refractivity contribution is 1.60. The van der Waals surface area contributed by atoms with Crippen LogP contribution in [0.15, 0.2) is 146 Å². The van der Waals surface area contributed by atoms with E-state index in [-0.39, 0.29) is 0 Å². The number of fused-ring (bicyclic) bond motifs is 6. The van der Waals surface area contributed by atoms with E-state index in [9.17, 15) is 0 Å². The highest BCUT2D eigenvalue weighted by atomic mass is 32.1. The van der Waals surface area contributed by atoms with Crippen LogP contribution in [0.3, 0.4) is 0 Å². The highest BCUT2D eigenvalue weighted by Crippen LogP contribution is 2.43. The molecule has 1 heteroatoms. The van der Waals surface area contributed by atoms with E-state index in [1.807, 2.05) is 11.3 Å². The average Bonchev–Trinajstić information content (AvgIpc) is 3.40. The Kier molecular flexibility index (Phi) is 5.11. The minimum absolute atomic E-state index is 1.23. The molecule has 0 bridgehead atoms. The van der Waals surface area contributed by atoms with Crippen LogP contribution < -0.4 is 0 Å². The van der Waals surface area contributed by atoms with Crippen molar-refractivity contribution in [1.29, 1.82) is 0 Å². The monoisotopic (exact) mass is 512 g/mol. The zero-order valence-electron chi connectivity index (χ0n) is 21.3. The first-order valence-corrected chi connectivity index (χ1v) is 14.2. The molecule has 0 spiro atoms. The third-order valence-electron chi connectivity index (χ3n) is 7.83. The smallest absolute Gasteiger partial charge is 0.0433 e. The van der Waals surface area contributed by atoms with Crippen LogP contribution in [0.4, 0.5) is 0 Å². The average molecular weight is 513 g/mol. The second kappa shape index (κ2) is 8.94. The number of rotatable bonds is 3. The van der Waals surface area contributed by atoms with E-state index in [1.54, 1.807) is 0 Å². The minimum atomic E-state index is 1.23. The van der Waals surface area contributed by atoms with Gasteiger partial charge in [0.2, 0.25) is 0 Å². The van der Waals surface area contributed by atoms with Crippen LogP contribution in [0.2, 0.25) is 0 Å². The SMILES string of the molecule is c1ccc(-c2cc(-c3cc4ccccc4c4ccccc34)cc(-c3cccc4c3sc3ccccc34)c2)cc1. The van der Waals surface area contributed by atoms with Crippen LogP contribution in [0.1, 0.15) is 0 Å². The van der Waals surface area contributed by atoms with Crippen LogP contribution in [0.5, 0.6) is 0 Å². The Morgan fingerprint density at radius 3 is 1.79 bits per heavy atom. The van der Waals surface area contributed by atoms with Gasteiger partial charge in [-0.1, -0.05) is 115 Å². The quantitative estimate of drug-likeness (QED) is 0.207. The molecule has 0 amide bonds. The van der Waals surface area contributed by atoms with Gasteiger partial charge in [0.15, 0.2) is 0 Å². The fourth-order valence-electron chi connectivity index (χ4n) is 6.00. The van der Waals surface area contributed by atoms with Gasteiger partial charge >= 0.3 is 0 Å². The molecule has 0 N–H and O–H groups in total. The van der Waals surface area contributed by atoms with Crippen molar-refractivity contribution in [2.75, 3.05) is 0 Å². The van der Waals surface area contributed by atoms with Gasteiger partial charge in [0.1, 0.15) is 0 Å². The second-order valence-corrected chi connectivity index (χ2v) is 11.2.